The molecule has 0 radical (unpaired) electrons. The fourth-order valence-electron chi connectivity index (χ4n) is 2.16. The van der Waals surface area contributed by atoms with Gasteiger partial charge in [0.25, 0.3) is 0 Å². The molecule has 1 unspecified atom stereocenters. The minimum atomic E-state index is 1.37. The van der Waals surface area contributed by atoms with Crippen molar-refractivity contribution in [3.05, 3.63) is 0 Å². The molecule has 0 saturated heterocycles. The van der Waals surface area contributed by atoms with Crippen LogP contribution in [-0.2, 0) is 0 Å². The number of hydrogen-bond acceptors (Lipinski definition) is 0. The second-order valence-electron chi connectivity index (χ2n) is 5.03. The summed E-state index contributed by atoms with van der Waals surface area (Å²) in [6.07, 6.45) is 19.1. The molecule has 0 aromatic carbocycles. The molecule has 0 N–H and O–H groups in total. The predicted octanol–water partition coefficient (Wildman–Crippen LogP) is 5.13. The molecule has 0 aliphatic carbocycles. The zero-order valence-electron chi connectivity index (χ0n) is 11.5. The van der Waals surface area contributed by atoms with Gasteiger partial charge < -0.3 is 0 Å². The van der Waals surface area contributed by atoms with Crippen molar-refractivity contribution >= 4 is 16.9 Å². The quantitative estimate of drug-likeness (QED) is 0.325. The van der Waals surface area contributed by atoms with Crippen LogP contribution in [0, 0.1) is 0 Å². The maximum absolute atomic E-state index is 2.29. The first-order valence-corrected chi connectivity index (χ1v) is 9.33. The van der Waals surface area contributed by atoms with Crippen LogP contribution in [0.5, 0.6) is 0 Å². The van der Waals surface area contributed by atoms with E-state index in [-0.39, 0.29) is 0 Å². The molecule has 0 nitrogen and oxygen atoms in total. The van der Waals surface area contributed by atoms with E-state index in [2.05, 4.69) is 6.92 Å². The Bertz CT molecular complexity index is 98.0. The predicted molar refractivity (Wildman–Crippen MR) is 79.0 cm³/mol. The van der Waals surface area contributed by atoms with E-state index in [0.717, 1.165) is 0 Å². The first-order chi connectivity index (χ1) is 7.91. The molecule has 16 heavy (non-hydrogen) atoms. The van der Waals surface area contributed by atoms with E-state index in [9.17, 15) is 0 Å². The van der Waals surface area contributed by atoms with Crippen molar-refractivity contribution in [1.29, 1.82) is 0 Å². The Morgan fingerprint density at radius 2 is 0.812 bits per heavy atom. The second-order valence-corrected chi connectivity index (χ2v) is 6.24. The average Bonchev–Trinajstić information content (AvgIpc) is 2.31. The van der Waals surface area contributed by atoms with Crippen LogP contribution in [0.2, 0.25) is 5.21 Å². The monoisotopic (exact) mass is 288 g/mol. The third-order valence-corrected chi connectivity index (χ3v) is 4.16. The molecule has 0 bridgehead atoms. The average molecular weight is 288 g/mol. The SMILES string of the molecule is CCCCCCCCCCCCCCC[AsH2]. The van der Waals surface area contributed by atoms with Crippen molar-refractivity contribution in [2.24, 2.45) is 0 Å². The molecule has 0 aromatic heterocycles. The van der Waals surface area contributed by atoms with E-state index in [0.29, 0.717) is 0 Å². The summed E-state index contributed by atoms with van der Waals surface area (Å²) in [5, 5.41) is 1.44. The number of rotatable bonds is 13. The first kappa shape index (κ1) is 16.6. The zero-order chi connectivity index (χ0) is 11.9. The van der Waals surface area contributed by atoms with Crippen LogP contribution in [0.15, 0.2) is 0 Å². The summed E-state index contributed by atoms with van der Waals surface area (Å²) in [4.78, 5) is 0. The topological polar surface area (TPSA) is 0 Å². The summed E-state index contributed by atoms with van der Waals surface area (Å²) in [5.41, 5.74) is 0. The van der Waals surface area contributed by atoms with Crippen LogP contribution in [0.1, 0.15) is 90.4 Å². The van der Waals surface area contributed by atoms with E-state index < -0.39 is 0 Å². The van der Waals surface area contributed by atoms with Gasteiger partial charge in [-0.15, -0.1) is 0 Å². The Kier molecular flexibility index (Phi) is 16.1. The fourth-order valence-corrected chi connectivity index (χ4v) is 2.77. The van der Waals surface area contributed by atoms with E-state index in [4.69, 9.17) is 0 Å². The van der Waals surface area contributed by atoms with Gasteiger partial charge in [-0.2, -0.15) is 0 Å². The standard InChI is InChI=1S/C15H33As/c1-2-3-4-5-6-7-8-9-10-11-12-13-14-15-16/h2-16H2,1H3. The van der Waals surface area contributed by atoms with Gasteiger partial charge in [-0.25, -0.2) is 0 Å². The summed E-state index contributed by atoms with van der Waals surface area (Å²) in [6.45, 7) is 2.29. The van der Waals surface area contributed by atoms with Gasteiger partial charge in [-0.05, 0) is 0 Å². The maximum atomic E-state index is 2.29. The molecule has 0 amide bonds. The molecule has 0 aliphatic heterocycles. The summed E-state index contributed by atoms with van der Waals surface area (Å²) in [5.74, 6) is 0. The van der Waals surface area contributed by atoms with Crippen LogP contribution >= 0.6 is 0 Å². The van der Waals surface area contributed by atoms with Crippen LogP contribution < -0.4 is 0 Å². The molecule has 0 aromatic rings. The van der Waals surface area contributed by atoms with Gasteiger partial charge >= 0.3 is 92.7 Å². The van der Waals surface area contributed by atoms with E-state index >= 15 is 0 Å². The molecular formula is C15H33As. The molecule has 0 spiro atoms. The summed E-state index contributed by atoms with van der Waals surface area (Å²) < 4.78 is 0. The van der Waals surface area contributed by atoms with Crippen molar-refractivity contribution in [3.63, 3.8) is 0 Å². The van der Waals surface area contributed by atoms with Crippen LogP contribution in [0.3, 0.4) is 0 Å². The summed E-state index contributed by atoms with van der Waals surface area (Å²) >= 11 is 1.89. The normalized spacial score (nSPS) is 10.9. The Morgan fingerprint density at radius 1 is 0.500 bits per heavy atom. The summed E-state index contributed by atoms with van der Waals surface area (Å²) in [7, 11) is 0. The van der Waals surface area contributed by atoms with Crippen LogP contribution in [-0.4, -0.2) is 16.9 Å². The molecule has 0 rings (SSSR count). The zero-order valence-corrected chi connectivity index (χ0v) is 13.9. The van der Waals surface area contributed by atoms with Gasteiger partial charge in [0.05, 0.1) is 0 Å². The van der Waals surface area contributed by atoms with Gasteiger partial charge in [0.1, 0.15) is 0 Å². The number of hydrogen-bond donors (Lipinski definition) is 0. The molecule has 0 heterocycles. The van der Waals surface area contributed by atoms with E-state index in [1.165, 1.54) is 88.7 Å². The molecule has 98 valence electrons. The van der Waals surface area contributed by atoms with Gasteiger partial charge in [0.2, 0.25) is 0 Å². The molecule has 1 atom stereocenters. The number of unbranched alkanes of at least 4 members (excludes halogenated alkanes) is 12. The van der Waals surface area contributed by atoms with E-state index in [1.807, 2.05) is 16.9 Å². The third-order valence-electron chi connectivity index (χ3n) is 3.31. The van der Waals surface area contributed by atoms with Gasteiger partial charge in [-0.1, -0.05) is 19.8 Å². The van der Waals surface area contributed by atoms with Crippen molar-refractivity contribution in [1.82, 2.24) is 0 Å². The molecule has 0 fully saturated rings. The van der Waals surface area contributed by atoms with Crippen LogP contribution in [0.25, 0.3) is 0 Å². The fraction of sp³-hybridized carbons (Fsp3) is 1.00. The van der Waals surface area contributed by atoms with Crippen LogP contribution in [0.4, 0.5) is 0 Å². The Hall–Kier alpha value is 0.558. The van der Waals surface area contributed by atoms with Gasteiger partial charge in [0, 0.05) is 0 Å². The van der Waals surface area contributed by atoms with Crippen molar-refractivity contribution in [2.75, 3.05) is 0 Å². The van der Waals surface area contributed by atoms with Gasteiger partial charge in [-0.3, -0.25) is 0 Å². The molecule has 1 heteroatoms. The second kappa shape index (κ2) is 15.6. The van der Waals surface area contributed by atoms with Crippen molar-refractivity contribution in [3.8, 4) is 0 Å². The van der Waals surface area contributed by atoms with Crippen molar-refractivity contribution < 1.29 is 0 Å². The molecular weight excluding hydrogens is 255 g/mol. The minimum absolute atomic E-state index is 1.37. The third kappa shape index (κ3) is 14.6. The Balaban J connectivity index is 2.83. The Labute approximate surface area is 112 Å². The molecule has 0 saturated carbocycles. The summed E-state index contributed by atoms with van der Waals surface area (Å²) in [6, 6.07) is 0. The van der Waals surface area contributed by atoms with E-state index in [1.54, 1.807) is 0 Å². The Morgan fingerprint density at radius 3 is 1.12 bits per heavy atom. The van der Waals surface area contributed by atoms with Gasteiger partial charge in [0.15, 0.2) is 0 Å². The molecule has 0 aliphatic rings. The van der Waals surface area contributed by atoms with Crippen molar-refractivity contribution in [2.45, 2.75) is 95.6 Å². The first-order valence-electron chi connectivity index (χ1n) is 7.62.